The summed E-state index contributed by atoms with van der Waals surface area (Å²) in [5.41, 5.74) is 11.9. The average Bonchev–Trinajstić information content (AvgIpc) is 1.63. The Balaban J connectivity index is 0.000000120. The number of nitrogens with one attached hydrogen (secondary N) is 4. The van der Waals surface area contributed by atoms with E-state index in [4.69, 9.17) is 39.2 Å². The Morgan fingerprint density at radius 1 is 0.430 bits per heavy atom. The molecule has 10 aromatic carbocycles. The second-order valence-electron chi connectivity index (χ2n) is 25.7. The Morgan fingerprint density at radius 2 is 0.785 bits per heavy atom. The van der Waals surface area contributed by atoms with Crippen molar-refractivity contribution in [3.8, 4) is 10.6 Å². The minimum absolute atomic E-state index is 0.106. The molecule has 540 valence electrons. The summed E-state index contributed by atoms with van der Waals surface area (Å²) in [4.78, 5) is 10.3. The fourth-order valence-corrected chi connectivity index (χ4v) is 18.8. The number of thiophene rings is 2. The van der Waals surface area contributed by atoms with E-state index in [-0.39, 0.29) is 15.9 Å². The molecule has 6 N–H and O–H groups in total. The molecule has 107 heavy (non-hydrogen) atoms. The zero-order valence-corrected chi connectivity index (χ0v) is 67.2. The van der Waals surface area contributed by atoms with Gasteiger partial charge in [-0.3, -0.25) is 0 Å². The number of benzene rings is 10. The van der Waals surface area contributed by atoms with E-state index >= 15 is 0 Å². The Labute approximate surface area is 660 Å². The minimum Gasteiger partial charge on any atom is -0.0622 e. The van der Waals surface area contributed by atoms with Crippen molar-refractivity contribution in [2.24, 2.45) is 0 Å². The van der Waals surface area contributed by atoms with E-state index in [1.807, 2.05) is 45.6 Å². The number of halogens is 3. The van der Waals surface area contributed by atoms with Crippen molar-refractivity contribution in [2.45, 2.75) is 65.5 Å². The molecule has 2 aliphatic rings. The summed E-state index contributed by atoms with van der Waals surface area (Å²) in [6.07, 6.45) is 8.56. The van der Waals surface area contributed by atoms with Crippen LogP contribution in [0.15, 0.2) is 308 Å². The van der Waals surface area contributed by atoms with Crippen LogP contribution in [-0.4, -0.2) is 58.4 Å². The molecule has 16 aromatic rings. The maximum atomic E-state index is 8.89. The number of aromatic nitrogens is 6. The largest absolute Gasteiger partial charge is 0.0622 e. The summed E-state index contributed by atoms with van der Waals surface area (Å²) in [7, 11) is 7.39. The van der Waals surface area contributed by atoms with Gasteiger partial charge in [0.1, 0.15) is 10.3 Å². The molecular weight excluding hydrogens is 1600 g/mol. The molecule has 2 saturated carbocycles. The van der Waals surface area contributed by atoms with Crippen molar-refractivity contribution < 1.29 is 26.0 Å². The molecule has 21 heteroatoms. The van der Waals surface area contributed by atoms with Crippen molar-refractivity contribution in [1.29, 1.82) is 0 Å². The fourth-order valence-electron chi connectivity index (χ4n) is 11.8. The van der Waals surface area contributed by atoms with Gasteiger partial charge in [-0.1, -0.05) is 231 Å². The van der Waals surface area contributed by atoms with Crippen LogP contribution in [-0.2, 0) is 15.9 Å². The van der Waals surface area contributed by atoms with Gasteiger partial charge in [-0.05, 0) is 199 Å². The van der Waals surface area contributed by atoms with Crippen LogP contribution in [0.4, 0.5) is 34.4 Å². The molecule has 0 spiro atoms. The first kappa shape index (κ1) is 76.3. The van der Waals surface area contributed by atoms with E-state index in [1.54, 1.807) is 23.6 Å². The van der Waals surface area contributed by atoms with Crippen LogP contribution in [0.25, 0.3) is 42.0 Å². The molecule has 0 aliphatic heterocycles. The van der Waals surface area contributed by atoms with Crippen molar-refractivity contribution >= 4 is 183 Å². The fraction of sp³-hybridized carbons (Fsp3) is 0.116. The number of hydrogen-bond donors (Lipinski definition) is 6. The molecule has 2 fully saturated rings. The van der Waals surface area contributed by atoms with Crippen LogP contribution in [0.2, 0.25) is 0 Å². The normalized spacial score (nSPS) is 12.2. The second kappa shape index (κ2) is 37.3. The molecule has 12 nitrogen and oxygen atoms in total. The molecule has 2 aliphatic carbocycles. The van der Waals surface area contributed by atoms with Gasteiger partial charge in [-0.15, -0.1) is 32.9 Å². The molecular formula is C86H78BBrCl2N10O2P2PdS2. The van der Waals surface area contributed by atoms with Gasteiger partial charge < -0.3 is 31.3 Å². The molecule has 0 amide bonds. The van der Waals surface area contributed by atoms with E-state index in [0.29, 0.717) is 16.9 Å². The van der Waals surface area contributed by atoms with Crippen LogP contribution < -0.4 is 57.9 Å². The Bertz CT molecular complexity index is 5170. The van der Waals surface area contributed by atoms with Gasteiger partial charge in [0, 0.05) is 49.8 Å². The summed E-state index contributed by atoms with van der Waals surface area (Å²) in [6, 6.07) is 103. The van der Waals surface area contributed by atoms with E-state index < -0.39 is 23.0 Å². The maximum Gasteiger partial charge on any atom is -0.0134 e. The van der Waals surface area contributed by atoms with E-state index in [1.165, 1.54) is 106 Å². The Hall–Kier alpha value is -8.87. The van der Waals surface area contributed by atoms with Crippen molar-refractivity contribution in [3.05, 3.63) is 330 Å². The number of aryl methyl sites for hydroxylation is 4. The topological polar surface area (TPSA) is 149 Å². The van der Waals surface area contributed by atoms with Crippen molar-refractivity contribution in [1.82, 2.24) is 29.2 Å². The number of imidazole rings is 2. The van der Waals surface area contributed by atoms with Gasteiger partial charge in [-0.2, -0.15) is 0 Å². The minimum atomic E-state index is -1.35. The summed E-state index contributed by atoms with van der Waals surface area (Å²) in [6.45, 7) is 8.49. The third kappa shape index (κ3) is 20.5. The molecule has 0 atom stereocenters. The van der Waals surface area contributed by atoms with Gasteiger partial charge in [0.05, 0.1) is 28.6 Å². The molecule has 0 saturated heterocycles. The van der Waals surface area contributed by atoms with Crippen LogP contribution in [0.1, 0.15) is 47.9 Å². The smallest absolute Gasteiger partial charge is 0.0134 e. The molecule has 6 aromatic heterocycles. The number of hydrogen-bond acceptors (Lipinski definition) is 12. The first-order valence-electron chi connectivity index (χ1n) is 35.0. The molecule has 0 unspecified atom stereocenters. The van der Waals surface area contributed by atoms with Crippen LogP contribution in [0, 0.1) is 27.7 Å². The quantitative estimate of drug-likeness (QED) is 0.0408. The zero-order chi connectivity index (χ0) is 74.0. The van der Waals surface area contributed by atoms with E-state index in [2.05, 4.69) is 330 Å². The number of anilines is 6. The first-order chi connectivity index (χ1) is 52.3. The van der Waals surface area contributed by atoms with Gasteiger partial charge >= 0.3 is 42.1 Å². The van der Waals surface area contributed by atoms with E-state index in [0.717, 1.165) is 66.1 Å². The number of rotatable bonds is 16. The first-order valence-corrected chi connectivity index (χ1v) is 44.2. The van der Waals surface area contributed by atoms with Gasteiger partial charge in [0.2, 0.25) is 0 Å². The maximum absolute atomic E-state index is 8.89. The Kier molecular flexibility index (Phi) is 26.6. The summed E-state index contributed by atoms with van der Waals surface area (Å²) in [5, 5.41) is 52.1. The molecule has 18 rings (SSSR count). The van der Waals surface area contributed by atoms with Crippen molar-refractivity contribution in [2.75, 3.05) is 21.3 Å². The molecule has 0 bridgehead atoms. The van der Waals surface area contributed by atoms with Crippen LogP contribution in [0.5, 0.6) is 0 Å². The number of nitrogens with zero attached hydrogens (tertiary/aromatic N) is 6. The SMILES string of the molecule is Cc1ccc(Nc2cc(NC3CC3)c3ncc(-c4cc5ccccc5s4)n3n2)cc1C.Cc1ccc(Nc2cc(NC3CC3)c3ncc(Br)n3n2)cc1C.OB(O)c1cc2ccccc2s1.[Cl][Pd][Cl].c1ccc(P(c2ccccc2)c2ccccc2)cc1.c1ccc(P(c2ccccc2)c2ccccc2)cc1. The van der Waals surface area contributed by atoms with Crippen LogP contribution >= 0.6 is 73.5 Å². The third-order valence-electron chi connectivity index (χ3n) is 17.8. The summed E-state index contributed by atoms with van der Waals surface area (Å²) >= 11 is 6.58. The second-order valence-corrected chi connectivity index (χ2v) is 35.5. The predicted octanol–water partition coefficient (Wildman–Crippen LogP) is 19.8. The standard InChI is InChI=1S/C25H23N5S.2C18H15P.C17H18BrN5.C8H7BO2S.2ClH.Pd/c1-15-7-8-19(11-16(15)2)28-24-13-20(27-18-9-10-18)25-26-14-21(30(25)29-24)23-12-17-5-3-4-6-22(17)31-23;2*1-4-10-16(11-5-1)19(17-12-6-2-7-13-17)18-14-8-3-9-15-18;1-10-3-4-13(7-11(10)2)21-16-8-14(20-12-5-6-12)17-19-9-15(18)23(17)22-16;10-9(11)8-5-6-3-1-2-4-7(6)12-8;;;/h3-8,11-14,18,27H,9-10H2,1-2H3,(H,28,29);2*1-15H;3-4,7-9,12,20H,5-6H2,1-2H3,(H,21,22);1-5,10-11H;2*1H;/q;;;;;;;+2/p-2. The van der Waals surface area contributed by atoms with Gasteiger partial charge in [0.25, 0.3) is 0 Å². The number of fused-ring (bicyclic) bond motifs is 4. The van der Waals surface area contributed by atoms with Gasteiger partial charge in [-0.25, -0.2) is 19.0 Å². The molecule has 0 radical (unpaired) electrons. The Morgan fingerprint density at radius 3 is 1.16 bits per heavy atom. The summed E-state index contributed by atoms with van der Waals surface area (Å²) < 4.78 is 7.58. The predicted molar refractivity (Wildman–Crippen MR) is 460 cm³/mol. The molecule has 6 heterocycles. The van der Waals surface area contributed by atoms with E-state index in [9.17, 15) is 0 Å². The van der Waals surface area contributed by atoms with Crippen LogP contribution in [0.3, 0.4) is 0 Å². The zero-order valence-electron chi connectivity index (χ0n) is 59.2. The average molecular weight is 1680 g/mol. The monoisotopic (exact) mass is 1670 g/mol. The summed E-state index contributed by atoms with van der Waals surface area (Å²) in [5.74, 6) is 1.60. The third-order valence-corrected chi connectivity index (χ3v) is 25.5. The van der Waals surface area contributed by atoms with Gasteiger partial charge in [0.15, 0.2) is 22.9 Å². The van der Waals surface area contributed by atoms with Crippen molar-refractivity contribution in [3.63, 3.8) is 0 Å².